The normalized spacial score (nSPS) is 15.1. The van der Waals surface area contributed by atoms with Crippen molar-refractivity contribution in [3.63, 3.8) is 0 Å². The smallest absolute Gasteiger partial charge is 0.476 e. The van der Waals surface area contributed by atoms with Crippen LogP contribution in [0.15, 0.2) is 103 Å². The van der Waals surface area contributed by atoms with Crippen molar-refractivity contribution in [3.05, 3.63) is 109 Å². The molecule has 1 fully saturated rings. The number of carbonyl (C=O) groups is 1. The fourth-order valence-electron chi connectivity index (χ4n) is 5.08. The average molecular weight is 644 g/mol. The quantitative estimate of drug-likeness (QED) is 0.226. The van der Waals surface area contributed by atoms with E-state index < -0.39 is 5.97 Å². The summed E-state index contributed by atoms with van der Waals surface area (Å²) in [6.45, 7) is 8.25. The van der Waals surface area contributed by atoms with Gasteiger partial charge in [-0.15, -0.1) is 11.3 Å². The van der Waals surface area contributed by atoms with Gasteiger partial charge in [-0.25, -0.2) is 19.1 Å². The van der Waals surface area contributed by atoms with E-state index in [2.05, 4.69) is 58.9 Å². The lowest BCUT2D eigenvalue weighted by Crippen LogP contribution is -2.41. The van der Waals surface area contributed by atoms with Gasteiger partial charge < -0.3 is 14.4 Å². The molecule has 11 nitrogen and oxygen atoms in total. The SMILES string of the molecule is CC1(C)OB(c2ccc3nn(-c4cccnc4)cc3c2)OC1(C)C.O=C(O)c1csc(-c2ccc3nn(-c4cccnc4)cc3c2)n1. The monoisotopic (exact) mass is 643 g/mol. The number of rotatable bonds is 5. The van der Waals surface area contributed by atoms with Gasteiger partial charge in [0.15, 0.2) is 5.69 Å². The molecule has 0 atom stereocenters. The molecule has 1 saturated heterocycles. The standard InChI is InChI=1S/C18H20BN3O2.C16H10N4O2S/c1-17(2)18(3,4)24-19(23-17)14-7-8-16-13(10-14)12-22(21-16)15-6-5-9-20-11-15;21-16(22)14-9-23-15(18-14)10-3-4-13-11(6-10)8-20(19-13)12-2-1-5-17-7-12/h5-12H,1-4H3;1-9H,(H,21,22). The van der Waals surface area contributed by atoms with Crippen LogP contribution in [-0.4, -0.2) is 63.9 Å². The molecule has 0 amide bonds. The van der Waals surface area contributed by atoms with Gasteiger partial charge in [0.1, 0.15) is 5.01 Å². The minimum absolute atomic E-state index is 0.0659. The molecular formula is C34H30BN7O4S. The molecule has 0 radical (unpaired) electrons. The largest absolute Gasteiger partial charge is 0.494 e. The second-order valence-electron chi connectivity index (χ2n) is 12.1. The van der Waals surface area contributed by atoms with E-state index in [1.54, 1.807) is 34.8 Å². The topological polar surface area (TPSA) is 130 Å². The molecule has 6 heterocycles. The van der Waals surface area contributed by atoms with Gasteiger partial charge >= 0.3 is 13.1 Å². The van der Waals surface area contributed by atoms with Gasteiger partial charge in [-0.05, 0) is 81.7 Å². The highest BCUT2D eigenvalue weighted by Gasteiger charge is 2.51. The highest BCUT2D eigenvalue weighted by atomic mass is 32.1. The Bertz CT molecular complexity index is 2200. The van der Waals surface area contributed by atoms with Crippen LogP contribution in [0.3, 0.4) is 0 Å². The third-order valence-corrected chi connectivity index (χ3v) is 9.24. The van der Waals surface area contributed by atoms with Crippen molar-refractivity contribution in [1.29, 1.82) is 0 Å². The maximum absolute atomic E-state index is 10.9. The Morgan fingerprint density at radius 3 is 1.91 bits per heavy atom. The Kier molecular flexibility index (Phi) is 7.67. The Balaban J connectivity index is 0.000000150. The number of thiazole rings is 1. The van der Waals surface area contributed by atoms with Crippen molar-refractivity contribution < 1.29 is 19.2 Å². The summed E-state index contributed by atoms with van der Waals surface area (Å²) in [6, 6.07) is 19.5. The number of aromatic carboxylic acids is 1. The van der Waals surface area contributed by atoms with E-state index >= 15 is 0 Å². The van der Waals surface area contributed by atoms with Gasteiger partial charge in [-0.2, -0.15) is 10.2 Å². The number of benzene rings is 2. The zero-order valence-corrected chi connectivity index (χ0v) is 26.9. The van der Waals surface area contributed by atoms with Crippen molar-refractivity contribution in [2.75, 3.05) is 0 Å². The highest BCUT2D eigenvalue weighted by Crippen LogP contribution is 2.36. The summed E-state index contributed by atoms with van der Waals surface area (Å²) in [6.07, 6.45) is 10.9. The first-order valence-electron chi connectivity index (χ1n) is 14.9. The number of aromatic nitrogens is 7. The van der Waals surface area contributed by atoms with E-state index in [1.807, 2.05) is 71.7 Å². The van der Waals surface area contributed by atoms with E-state index in [0.717, 1.165) is 44.2 Å². The molecule has 0 bridgehead atoms. The lowest BCUT2D eigenvalue weighted by Gasteiger charge is -2.32. The Morgan fingerprint density at radius 2 is 1.38 bits per heavy atom. The van der Waals surface area contributed by atoms with Crippen LogP contribution in [0.1, 0.15) is 38.2 Å². The third kappa shape index (κ3) is 6.03. The van der Waals surface area contributed by atoms with Crippen molar-refractivity contribution in [2.45, 2.75) is 38.9 Å². The molecule has 0 saturated carbocycles. The number of pyridine rings is 2. The summed E-state index contributed by atoms with van der Waals surface area (Å²) < 4.78 is 15.9. The predicted octanol–water partition coefficient (Wildman–Crippen LogP) is 5.96. The minimum Gasteiger partial charge on any atom is -0.476 e. The van der Waals surface area contributed by atoms with Gasteiger partial charge in [-0.3, -0.25) is 9.97 Å². The van der Waals surface area contributed by atoms with Crippen LogP contribution in [0.2, 0.25) is 0 Å². The van der Waals surface area contributed by atoms with Gasteiger partial charge in [0, 0.05) is 46.5 Å². The number of carboxylic acids is 1. The molecule has 1 aliphatic rings. The number of carboxylic acid groups (broad SMARTS) is 1. The number of nitrogens with zero attached hydrogens (tertiary/aromatic N) is 7. The first-order valence-corrected chi connectivity index (χ1v) is 15.8. The van der Waals surface area contributed by atoms with Crippen LogP contribution in [0.4, 0.5) is 0 Å². The maximum atomic E-state index is 10.9. The van der Waals surface area contributed by atoms with Crippen LogP contribution in [0.5, 0.6) is 0 Å². The molecule has 234 valence electrons. The van der Waals surface area contributed by atoms with E-state index in [9.17, 15) is 4.79 Å². The predicted molar refractivity (Wildman–Crippen MR) is 182 cm³/mol. The zero-order chi connectivity index (χ0) is 32.8. The Morgan fingerprint density at radius 1 is 0.809 bits per heavy atom. The van der Waals surface area contributed by atoms with Crippen LogP contribution >= 0.6 is 11.3 Å². The molecule has 1 aliphatic heterocycles. The third-order valence-electron chi connectivity index (χ3n) is 8.35. The van der Waals surface area contributed by atoms with Crippen molar-refractivity contribution in [1.82, 2.24) is 34.5 Å². The first kappa shape index (κ1) is 30.4. The summed E-state index contributed by atoms with van der Waals surface area (Å²) in [5.74, 6) is -1.02. The van der Waals surface area contributed by atoms with Crippen molar-refractivity contribution >= 4 is 51.7 Å². The average Bonchev–Trinajstić information content (AvgIpc) is 3.86. The van der Waals surface area contributed by atoms with E-state index in [-0.39, 0.29) is 24.0 Å². The van der Waals surface area contributed by atoms with Crippen LogP contribution < -0.4 is 5.46 Å². The molecule has 8 rings (SSSR count). The lowest BCUT2D eigenvalue weighted by molar-refractivity contribution is 0.00578. The molecule has 5 aromatic heterocycles. The second kappa shape index (κ2) is 11.8. The van der Waals surface area contributed by atoms with Gasteiger partial charge in [0.2, 0.25) is 0 Å². The number of hydrogen-bond acceptors (Lipinski definition) is 9. The van der Waals surface area contributed by atoms with Crippen LogP contribution in [-0.2, 0) is 9.31 Å². The molecule has 13 heteroatoms. The molecule has 47 heavy (non-hydrogen) atoms. The Labute approximate surface area is 274 Å². The second-order valence-corrected chi connectivity index (χ2v) is 13.0. The molecule has 1 N–H and O–H groups in total. The minimum atomic E-state index is -1.02. The van der Waals surface area contributed by atoms with Gasteiger partial charge in [-0.1, -0.05) is 12.1 Å². The van der Waals surface area contributed by atoms with Crippen molar-refractivity contribution in [2.24, 2.45) is 0 Å². The van der Waals surface area contributed by atoms with E-state index in [1.165, 1.54) is 11.3 Å². The summed E-state index contributed by atoms with van der Waals surface area (Å²) >= 11 is 1.31. The fraction of sp³-hybridized carbons (Fsp3) is 0.176. The molecule has 0 aliphatic carbocycles. The van der Waals surface area contributed by atoms with Gasteiger partial charge in [0.25, 0.3) is 0 Å². The first-order chi connectivity index (χ1) is 22.6. The fourth-order valence-corrected chi connectivity index (χ4v) is 5.87. The molecule has 7 aromatic rings. The van der Waals surface area contributed by atoms with Crippen LogP contribution in [0.25, 0.3) is 43.8 Å². The lowest BCUT2D eigenvalue weighted by atomic mass is 9.79. The summed E-state index contributed by atoms with van der Waals surface area (Å²) in [7, 11) is -0.360. The highest BCUT2D eigenvalue weighted by molar-refractivity contribution is 7.13. The zero-order valence-electron chi connectivity index (χ0n) is 26.1. The van der Waals surface area contributed by atoms with E-state index in [4.69, 9.17) is 14.4 Å². The van der Waals surface area contributed by atoms with Crippen LogP contribution in [0, 0.1) is 0 Å². The molecular weight excluding hydrogens is 613 g/mol. The van der Waals surface area contributed by atoms with E-state index in [0.29, 0.717) is 5.01 Å². The van der Waals surface area contributed by atoms with Crippen molar-refractivity contribution in [3.8, 4) is 21.9 Å². The number of fused-ring (bicyclic) bond motifs is 2. The molecule has 2 aromatic carbocycles. The Hall–Kier alpha value is -5.24. The summed E-state index contributed by atoms with van der Waals surface area (Å²) in [4.78, 5) is 23.3. The summed E-state index contributed by atoms with van der Waals surface area (Å²) in [5, 5.41) is 22.3. The molecule has 0 spiro atoms. The summed E-state index contributed by atoms with van der Waals surface area (Å²) in [5.41, 5.74) is 4.87. The maximum Gasteiger partial charge on any atom is 0.494 e. The van der Waals surface area contributed by atoms with Gasteiger partial charge in [0.05, 0.1) is 46.0 Å². The molecule has 0 unspecified atom stereocenters. The number of hydrogen-bond donors (Lipinski definition) is 1.